The molecule has 1 aromatic rings. The van der Waals surface area contributed by atoms with Gasteiger partial charge in [0.05, 0.1) is 7.11 Å². The Kier molecular flexibility index (Phi) is 6.21. The van der Waals surface area contributed by atoms with Gasteiger partial charge in [-0.15, -0.1) is 0 Å². The molecule has 0 amide bonds. The summed E-state index contributed by atoms with van der Waals surface area (Å²) >= 11 is 0. The Morgan fingerprint density at radius 3 is 2.71 bits per heavy atom. The van der Waals surface area contributed by atoms with Gasteiger partial charge in [-0.3, -0.25) is 4.21 Å². The van der Waals surface area contributed by atoms with E-state index >= 15 is 0 Å². The van der Waals surface area contributed by atoms with Crippen molar-refractivity contribution in [2.45, 2.75) is 24.9 Å². The van der Waals surface area contributed by atoms with Crippen LogP contribution in [0.15, 0.2) is 24.3 Å². The Hall–Kier alpha value is -0.910. The number of nitrogens with one attached hydrogen (secondary N) is 1. The predicted molar refractivity (Wildman–Crippen MR) is 88.3 cm³/mol. The molecule has 1 unspecified atom stereocenters. The minimum Gasteiger partial charge on any atom is -0.497 e. The molecule has 2 rings (SSSR count). The molecule has 1 fully saturated rings. The van der Waals surface area contributed by atoms with Crippen molar-refractivity contribution in [1.29, 1.82) is 0 Å². The molecule has 4 nitrogen and oxygen atoms in total. The van der Waals surface area contributed by atoms with Gasteiger partial charge in [-0.1, -0.05) is 12.1 Å². The molecule has 1 saturated heterocycles. The summed E-state index contributed by atoms with van der Waals surface area (Å²) in [5.74, 6) is 2.57. The van der Waals surface area contributed by atoms with E-state index in [-0.39, 0.29) is 0 Å². The molecule has 5 heteroatoms. The quantitative estimate of drug-likeness (QED) is 0.870. The second kappa shape index (κ2) is 7.92. The third-order valence-electron chi connectivity index (χ3n) is 4.09. The third kappa shape index (κ3) is 4.80. The van der Waals surface area contributed by atoms with E-state index in [1.165, 1.54) is 5.56 Å². The summed E-state index contributed by atoms with van der Waals surface area (Å²) in [7, 11) is 5.31. The smallest absolute Gasteiger partial charge is 0.119 e. The maximum atomic E-state index is 11.4. The zero-order chi connectivity index (χ0) is 15.2. The highest BCUT2D eigenvalue weighted by molar-refractivity contribution is 7.85. The molecule has 0 bridgehead atoms. The highest BCUT2D eigenvalue weighted by atomic mass is 32.2. The van der Waals surface area contributed by atoms with Crippen molar-refractivity contribution in [1.82, 2.24) is 10.2 Å². The number of likely N-dealkylation sites (N-methyl/N-ethyl adjacent to an activating group) is 1. The van der Waals surface area contributed by atoms with Gasteiger partial charge in [-0.05, 0) is 44.6 Å². The topological polar surface area (TPSA) is 41.6 Å². The van der Waals surface area contributed by atoms with Crippen LogP contribution in [-0.2, 0) is 10.8 Å². The van der Waals surface area contributed by atoms with E-state index in [2.05, 4.69) is 36.4 Å². The number of nitrogens with zero attached hydrogens (tertiary/aromatic N) is 1. The molecule has 0 spiro atoms. The van der Waals surface area contributed by atoms with E-state index < -0.39 is 10.8 Å². The van der Waals surface area contributed by atoms with Crippen molar-refractivity contribution >= 4 is 10.8 Å². The van der Waals surface area contributed by atoms with Crippen molar-refractivity contribution in [2.75, 3.05) is 39.3 Å². The summed E-state index contributed by atoms with van der Waals surface area (Å²) in [4.78, 5) is 2.22. The first-order valence-corrected chi connectivity index (χ1v) is 8.97. The fourth-order valence-corrected chi connectivity index (χ4v) is 4.02. The molecule has 0 aliphatic carbocycles. The maximum Gasteiger partial charge on any atom is 0.119 e. The number of benzene rings is 1. The van der Waals surface area contributed by atoms with Gasteiger partial charge in [0.25, 0.3) is 0 Å². The van der Waals surface area contributed by atoms with Crippen LogP contribution in [0, 0.1) is 0 Å². The van der Waals surface area contributed by atoms with E-state index in [0.29, 0.717) is 12.1 Å². The van der Waals surface area contributed by atoms with E-state index in [4.69, 9.17) is 4.74 Å². The zero-order valence-electron chi connectivity index (χ0n) is 13.2. The van der Waals surface area contributed by atoms with Crippen LogP contribution in [0.3, 0.4) is 0 Å². The predicted octanol–water partition coefficient (Wildman–Crippen LogP) is 1.80. The molecule has 1 aliphatic heterocycles. The Bertz CT molecular complexity index is 469. The standard InChI is InChI=1S/C16H26N2O2S/c1-18(2)16(13-5-4-6-15(11-13)20-3)12-17-14-7-9-21(19)10-8-14/h4-6,11,14,16-17H,7-10,12H2,1-3H3. The Morgan fingerprint density at radius 1 is 1.38 bits per heavy atom. The molecule has 1 aliphatic rings. The normalized spacial score (nSPS) is 24.0. The number of hydrogen-bond acceptors (Lipinski definition) is 4. The molecular weight excluding hydrogens is 284 g/mol. The fourth-order valence-electron chi connectivity index (χ4n) is 2.72. The molecule has 0 radical (unpaired) electrons. The minimum absolute atomic E-state index is 0.313. The summed E-state index contributed by atoms with van der Waals surface area (Å²) in [6, 6.07) is 9.06. The first kappa shape index (κ1) is 16.5. The highest BCUT2D eigenvalue weighted by Gasteiger charge is 2.20. The molecule has 118 valence electrons. The van der Waals surface area contributed by atoms with E-state index in [0.717, 1.165) is 36.6 Å². The lowest BCUT2D eigenvalue weighted by Crippen LogP contribution is -2.40. The van der Waals surface area contributed by atoms with Crippen LogP contribution >= 0.6 is 0 Å². The molecule has 1 heterocycles. The van der Waals surface area contributed by atoms with Crippen molar-refractivity contribution in [3.05, 3.63) is 29.8 Å². The average Bonchev–Trinajstić information content (AvgIpc) is 2.49. The lowest BCUT2D eigenvalue weighted by Gasteiger charge is -2.29. The first-order valence-electron chi connectivity index (χ1n) is 7.49. The first-order chi connectivity index (χ1) is 10.1. The van der Waals surface area contributed by atoms with Gasteiger partial charge >= 0.3 is 0 Å². The molecule has 1 atom stereocenters. The molecule has 0 aromatic heterocycles. The SMILES string of the molecule is COc1cccc(C(CNC2CCS(=O)CC2)N(C)C)c1. The van der Waals surface area contributed by atoms with Gasteiger partial charge in [-0.2, -0.15) is 0 Å². The summed E-state index contributed by atoms with van der Waals surface area (Å²) in [5, 5.41) is 3.64. The molecule has 0 saturated carbocycles. The van der Waals surface area contributed by atoms with Gasteiger partial charge < -0.3 is 15.0 Å². The second-order valence-electron chi connectivity index (χ2n) is 5.79. The van der Waals surface area contributed by atoms with Crippen LogP contribution in [0.5, 0.6) is 5.75 Å². The van der Waals surface area contributed by atoms with Crippen LogP contribution in [0.4, 0.5) is 0 Å². The maximum absolute atomic E-state index is 11.4. The van der Waals surface area contributed by atoms with Gasteiger partial charge in [0, 0.05) is 40.9 Å². The fraction of sp³-hybridized carbons (Fsp3) is 0.625. The van der Waals surface area contributed by atoms with Crippen LogP contribution < -0.4 is 10.1 Å². The van der Waals surface area contributed by atoms with Crippen LogP contribution in [0.25, 0.3) is 0 Å². The minimum atomic E-state index is -0.591. The number of methoxy groups -OCH3 is 1. The monoisotopic (exact) mass is 310 g/mol. The lowest BCUT2D eigenvalue weighted by molar-refractivity contribution is 0.275. The highest BCUT2D eigenvalue weighted by Crippen LogP contribution is 2.22. The summed E-state index contributed by atoms with van der Waals surface area (Å²) in [6.07, 6.45) is 2.04. The van der Waals surface area contributed by atoms with Crippen molar-refractivity contribution in [3.63, 3.8) is 0 Å². The van der Waals surface area contributed by atoms with Gasteiger partial charge in [0.15, 0.2) is 0 Å². The van der Waals surface area contributed by atoms with Crippen LogP contribution in [-0.4, -0.2) is 54.4 Å². The van der Waals surface area contributed by atoms with Gasteiger partial charge in [0.2, 0.25) is 0 Å². The third-order valence-corrected chi connectivity index (χ3v) is 5.47. The summed E-state index contributed by atoms with van der Waals surface area (Å²) in [5.41, 5.74) is 1.26. The number of ether oxygens (including phenoxy) is 1. The van der Waals surface area contributed by atoms with E-state index in [1.54, 1.807) is 7.11 Å². The molecule has 1 N–H and O–H groups in total. The van der Waals surface area contributed by atoms with Crippen molar-refractivity contribution in [2.24, 2.45) is 0 Å². The molecule has 1 aromatic carbocycles. The largest absolute Gasteiger partial charge is 0.497 e. The number of hydrogen-bond donors (Lipinski definition) is 1. The van der Waals surface area contributed by atoms with E-state index in [9.17, 15) is 4.21 Å². The molecular formula is C16H26N2O2S. The number of rotatable bonds is 6. The average molecular weight is 310 g/mol. The molecule has 21 heavy (non-hydrogen) atoms. The Morgan fingerprint density at radius 2 is 2.10 bits per heavy atom. The van der Waals surface area contributed by atoms with Gasteiger partial charge in [0.1, 0.15) is 5.75 Å². The van der Waals surface area contributed by atoms with Gasteiger partial charge in [-0.25, -0.2) is 0 Å². The van der Waals surface area contributed by atoms with Crippen LogP contribution in [0.1, 0.15) is 24.4 Å². The van der Waals surface area contributed by atoms with Crippen molar-refractivity contribution < 1.29 is 8.95 Å². The van der Waals surface area contributed by atoms with Crippen molar-refractivity contribution in [3.8, 4) is 5.75 Å². The Labute approximate surface area is 130 Å². The Balaban J connectivity index is 1.97. The van der Waals surface area contributed by atoms with Crippen LogP contribution in [0.2, 0.25) is 0 Å². The lowest BCUT2D eigenvalue weighted by atomic mass is 10.0. The summed E-state index contributed by atoms with van der Waals surface area (Å²) < 4.78 is 16.7. The van der Waals surface area contributed by atoms with E-state index in [1.807, 2.05) is 12.1 Å². The second-order valence-corrected chi connectivity index (χ2v) is 7.48. The summed E-state index contributed by atoms with van der Waals surface area (Å²) in [6.45, 7) is 0.900. The zero-order valence-corrected chi connectivity index (χ0v) is 14.0.